The van der Waals surface area contributed by atoms with Gasteiger partial charge in [-0.15, -0.1) is 0 Å². The lowest BCUT2D eigenvalue weighted by Crippen LogP contribution is -2.28. The minimum Gasteiger partial charge on any atom is -0.268 e. The van der Waals surface area contributed by atoms with Gasteiger partial charge in [0, 0.05) is 31.0 Å². The van der Waals surface area contributed by atoms with Crippen molar-refractivity contribution in [3.8, 4) is 6.07 Å². The van der Waals surface area contributed by atoms with Gasteiger partial charge in [0.2, 0.25) is 0 Å². The van der Waals surface area contributed by atoms with Crippen molar-refractivity contribution in [2.45, 2.75) is 45.7 Å². The van der Waals surface area contributed by atoms with Gasteiger partial charge in [0.25, 0.3) is 5.91 Å². The number of amides is 1. The standard InChI is InChI=1S/C21H18FN7O.C2H6/c1-14(3-2-8-28-20-5-4-17(10-23)27-18(20)13-26-28)21(30)29-19(6-7-25-29)15-9-16(22)12-24-11-15;1-2/h4-5,7,9,11-13,19H,1-3,6,8H2;1-2H3. The Morgan fingerprint density at radius 3 is 2.88 bits per heavy atom. The number of pyridine rings is 2. The quantitative estimate of drug-likeness (QED) is 0.544. The van der Waals surface area contributed by atoms with Crippen molar-refractivity contribution in [1.29, 1.82) is 5.26 Å². The van der Waals surface area contributed by atoms with Gasteiger partial charge < -0.3 is 0 Å². The second kappa shape index (κ2) is 10.4. The van der Waals surface area contributed by atoms with Crippen LogP contribution in [0.25, 0.3) is 11.0 Å². The van der Waals surface area contributed by atoms with Gasteiger partial charge in [-0.25, -0.2) is 14.4 Å². The molecule has 0 saturated carbocycles. The SMILES string of the molecule is C=C(CCCn1ncc2nc(C#N)ccc21)C(=O)N1N=CCC1c1cncc(F)c1.CC. The zero-order valence-electron chi connectivity index (χ0n) is 18.1. The van der Waals surface area contributed by atoms with Crippen LogP contribution in [0.3, 0.4) is 0 Å². The molecule has 0 bridgehead atoms. The highest BCUT2D eigenvalue weighted by atomic mass is 19.1. The lowest BCUT2D eigenvalue weighted by Gasteiger charge is -2.22. The number of nitrogens with zero attached hydrogens (tertiary/aromatic N) is 7. The number of fused-ring (bicyclic) bond motifs is 1. The Labute approximate surface area is 185 Å². The topological polar surface area (TPSA) is 100 Å². The van der Waals surface area contributed by atoms with Crippen LogP contribution in [0, 0.1) is 17.1 Å². The molecule has 3 aromatic rings. The number of aryl methyl sites for hydroxylation is 1. The number of hydrogen-bond donors (Lipinski definition) is 0. The van der Waals surface area contributed by atoms with Gasteiger partial charge in [-0.3, -0.25) is 14.5 Å². The molecule has 0 saturated heterocycles. The first-order valence-corrected chi connectivity index (χ1v) is 10.4. The predicted molar refractivity (Wildman–Crippen MR) is 119 cm³/mol. The van der Waals surface area contributed by atoms with E-state index in [-0.39, 0.29) is 11.9 Å². The Balaban J connectivity index is 0.00000141. The molecule has 0 spiro atoms. The summed E-state index contributed by atoms with van der Waals surface area (Å²) in [5.41, 5.74) is 2.84. The molecular formula is C23H24FN7O. The van der Waals surface area contributed by atoms with Crippen molar-refractivity contribution in [2.24, 2.45) is 5.10 Å². The maximum Gasteiger partial charge on any atom is 0.269 e. The second-order valence-corrected chi connectivity index (χ2v) is 6.92. The van der Waals surface area contributed by atoms with E-state index in [2.05, 4.69) is 26.7 Å². The molecule has 1 aliphatic heterocycles. The molecule has 1 aliphatic rings. The molecule has 32 heavy (non-hydrogen) atoms. The Morgan fingerprint density at radius 1 is 1.31 bits per heavy atom. The molecular weight excluding hydrogens is 409 g/mol. The van der Waals surface area contributed by atoms with E-state index in [4.69, 9.17) is 5.26 Å². The van der Waals surface area contributed by atoms with Crippen LogP contribution >= 0.6 is 0 Å². The van der Waals surface area contributed by atoms with E-state index in [1.807, 2.05) is 26.0 Å². The third-order valence-corrected chi connectivity index (χ3v) is 4.91. The number of carbonyl (C=O) groups is 1. The van der Waals surface area contributed by atoms with Crippen LogP contribution in [0.1, 0.15) is 50.4 Å². The van der Waals surface area contributed by atoms with Crippen LogP contribution in [0.5, 0.6) is 0 Å². The Morgan fingerprint density at radius 2 is 2.12 bits per heavy atom. The van der Waals surface area contributed by atoms with Gasteiger partial charge in [-0.1, -0.05) is 20.4 Å². The lowest BCUT2D eigenvalue weighted by molar-refractivity contribution is -0.129. The fourth-order valence-electron chi connectivity index (χ4n) is 3.42. The molecule has 164 valence electrons. The van der Waals surface area contributed by atoms with Crippen molar-refractivity contribution < 1.29 is 9.18 Å². The average molecular weight is 433 g/mol. The summed E-state index contributed by atoms with van der Waals surface area (Å²) in [5.74, 6) is -0.739. The maximum absolute atomic E-state index is 13.5. The van der Waals surface area contributed by atoms with E-state index in [9.17, 15) is 9.18 Å². The molecule has 0 aromatic carbocycles. The largest absolute Gasteiger partial charge is 0.269 e. The molecule has 0 N–H and O–H groups in total. The van der Waals surface area contributed by atoms with Crippen LogP contribution < -0.4 is 0 Å². The minimum atomic E-state index is -0.451. The summed E-state index contributed by atoms with van der Waals surface area (Å²) in [5, 5.41) is 18.7. The molecule has 8 nitrogen and oxygen atoms in total. The van der Waals surface area contributed by atoms with E-state index in [1.54, 1.807) is 29.4 Å². The van der Waals surface area contributed by atoms with Crippen LogP contribution in [-0.4, -0.2) is 36.9 Å². The summed E-state index contributed by atoms with van der Waals surface area (Å²) in [7, 11) is 0. The number of aromatic nitrogens is 4. The third kappa shape index (κ3) is 4.86. The fourth-order valence-corrected chi connectivity index (χ4v) is 3.42. The number of carbonyl (C=O) groups excluding carboxylic acids is 1. The molecule has 4 rings (SSSR count). The zero-order valence-corrected chi connectivity index (χ0v) is 18.1. The van der Waals surface area contributed by atoms with Gasteiger partial charge >= 0.3 is 0 Å². The maximum atomic E-state index is 13.5. The first-order valence-electron chi connectivity index (χ1n) is 10.4. The van der Waals surface area contributed by atoms with Crippen molar-refractivity contribution >= 4 is 23.2 Å². The molecule has 1 amide bonds. The van der Waals surface area contributed by atoms with E-state index < -0.39 is 5.82 Å². The summed E-state index contributed by atoms with van der Waals surface area (Å²) < 4.78 is 15.3. The summed E-state index contributed by atoms with van der Waals surface area (Å²) in [6, 6.07) is 6.45. The highest BCUT2D eigenvalue weighted by molar-refractivity contribution is 5.94. The fraction of sp³-hybridized carbons (Fsp3) is 0.304. The Kier molecular flexibility index (Phi) is 7.39. The summed E-state index contributed by atoms with van der Waals surface area (Å²) in [6.07, 6.45) is 7.53. The van der Waals surface area contributed by atoms with Gasteiger partial charge in [0.1, 0.15) is 23.1 Å². The zero-order chi connectivity index (χ0) is 23.1. The Hall–Kier alpha value is -3.93. The van der Waals surface area contributed by atoms with E-state index in [0.29, 0.717) is 48.2 Å². The number of nitriles is 1. The van der Waals surface area contributed by atoms with Crippen molar-refractivity contribution in [1.82, 2.24) is 24.8 Å². The highest BCUT2D eigenvalue weighted by Crippen LogP contribution is 2.29. The minimum absolute atomic E-state index is 0.288. The summed E-state index contributed by atoms with van der Waals surface area (Å²) >= 11 is 0. The molecule has 1 unspecified atom stereocenters. The number of hydrazone groups is 1. The van der Waals surface area contributed by atoms with Crippen molar-refractivity contribution in [3.05, 3.63) is 66.0 Å². The van der Waals surface area contributed by atoms with Gasteiger partial charge in [-0.05, 0) is 36.6 Å². The van der Waals surface area contributed by atoms with Crippen LogP contribution in [0.4, 0.5) is 4.39 Å². The van der Waals surface area contributed by atoms with Gasteiger partial charge in [0.05, 0.1) is 24.0 Å². The van der Waals surface area contributed by atoms with Crippen molar-refractivity contribution in [3.63, 3.8) is 0 Å². The van der Waals surface area contributed by atoms with E-state index in [1.165, 1.54) is 11.1 Å². The first kappa shape index (κ1) is 22.7. The Bertz CT molecular complexity index is 1190. The normalized spacial score (nSPS) is 14.7. The monoisotopic (exact) mass is 433 g/mol. The molecule has 1 atom stereocenters. The van der Waals surface area contributed by atoms with Gasteiger partial charge in [-0.2, -0.15) is 15.5 Å². The highest BCUT2D eigenvalue weighted by Gasteiger charge is 2.29. The summed E-state index contributed by atoms with van der Waals surface area (Å²) in [4.78, 5) is 20.9. The smallest absolute Gasteiger partial charge is 0.268 e. The second-order valence-electron chi connectivity index (χ2n) is 6.92. The molecule has 3 aromatic heterocycles. The summed E-state index contributed by atoms with van der Waals surface area (Å²) in [6.45, 7) is 8.49. The molecule has 0 radical (unpaired) electrons. The van der Waals surface area contributed by atoms with Crippen LogP contribution in [0.2, 0.25) is 0 Å². The first-order chi connectivity index (χ1) is 15.6. The predicted octanol–water partition coefficient (Wildman–Crippen LogP) is 4.16. The van der Waals surface area contributed by atoms with Crippen LogP contribution in [0.15, 0.2) is 54.0 Å². The number of hydrogen-bond acceptors (Lipinski definition) is 6. The number of halogens is 1. The molecule has 4 heterocycles. The van der Waals surface area contributed by atoms with Crippen LogP contribution in [-0.2, 0) is 11.3 Å². The van der Waals surface area contributed by atoms with E-state index >= 15 is 0 Å². The van der Waals surface area contributed by atoms with E-state index in [0.717, 1.165) is 11.7 Å². The molecule has 9 heteroatoms. The van der Waals surface area contributed by atoms with Gasteiger partial charge in [0.15, 0.2) is 0 Å². The van der Waals surface area contributed by atoms with Crippen molar-refractivity contribution in [2.75, 3.05) is 0 Å². The third-order valence-electron chi connectivity index (χ3n) is 4.91. The number of rotatable bonds is 6. The molecule has 0 aliphatic carbocycles. The molecule has 0 fully saturated rings. The average Bonchev–Trinajstić information content (AvgIpc) is 3.47. The lowest BCUT2D eigenvalue weighted by atomic mass is 10.0.